The van der Waals surface area contributed by atoms with Gasteiger partial charge in [-0.25, -0.2) is 0 Å². The van der Waals surface area contributed by atoms with Crippen molar-refractivity contribution in [2.24, 2.45) is 0 Å². The van der Waals surface area contributed by atoms with Crippen LogP contribution in [0.25, 0.3) is 11.4 Å². The lowest BCUT2D eigenvalue weighted by molar-refractivity contribution is 0.0771. The highest BCUT2D eigenvalue weighted by Crippen LogP contribution is 2.11. The molecule has 0 spiro atoms. The van der Waals surface area contributed by atoms with Gasteiger partial charge in [0.1, 0.15) is 0 Å². The number of nitrogens with one attached hydrogen (secondary N) is 1. The van der Waals surface area contributed by atoms with Crippen LogP contribution in [0.5, 0.6) is 0 Å². The van der Waals surface area contributed by atoms with Gasteiger partial charge < -0.3 is 10.1 Å². The van der Waals surface area contributed by atoms with E-state index in [9.17, 15) is 0 Å². The summed E-state index contributed by atoms with van der Waals surface area (Å²) in [6, 6.07) is 9.87. The normalized spacial score (nSPS) is 11.2. The monoisotopic (exact) mass is 289 g/mol. The van der Waals surface area contributed by atoms with Crippen LogP contribution in [0.4, 0.5) is 0 Å². The molecule has 0 aliphatic rings. The molecule has 0 aliphatic heterocycles. The second kappa shape index (κ2) is 8.49. The molecule has 2 aromatic rings. The van der Waals surface area contributed by atoms with Gasteiger partial charge in [-0.3, -0.25) is 0 Å². The molecule has 0 saturated heterocycles. The van der Waals surface area contributed by atoms with Crippen molar-refractivity contribution in [3.05, 3.63) is 30.3 Å². The summed E-state index contributed by atoms with van der Waals surface area (Å²) in [6.45, 7) is 7.37. The average Bonchev–Trinajstić information content (AvgIpc) is 2.96. The van der Waals surface area contributed by atoms with E-state index in [1.165, 1.54) is 0 Å². The van der Waals surface area contributed by atoms with Crippen LogP contribution in [0.2, 0.25) is 0 Å². The van der Waals surface area contributed by atoms with Crippen molar-refractivity contribution in [3.63, 3.8) is 0 Å². The van der Waals surface area contributed by atoms with E-state index in [2.05, 4.69) is 20.7 Å². The molecule has 1 heterocycles. The highest BCUT2D eigenvalue weighted by molar-refractivity contribution is 5.52. The fraction of sp³-hybridized carbons (Fsp3) is 0.533. The topological polar surface area (TPSA) is 64.9 Å². The third kappa shape index (κ3) is 5.61. The van der Waals surface area contributed by atoms with Gasteiger partial charge in [-0.1, -0.05) is 30.3 Å². The molecule has 1 aromatic heterocycles. The number of hydrogen-bond donors (Lipinski definition) is 1. The quantitative estimate of drug-likeness (QED) is 0.712. The molecule has 6 nitrogen and oxygen atoms in total. The number of tetrazole rings is 1. The summed E-state index contributed by atoms with van der Waals surface area (Å²) in [6.07, 6.45) is 1.32. The first-order valence-electron chi connectivity index (χ1n) is 7.41. The number of hydrogen-bond acceptors (Lipinski definition) is 5. The lowest BCUT2D eigenvalue weighted by Crippen LogP contribution is -2.23. The van der Waals surface area contributed by atoms with Gasteiger partial charge in [-0.05, 0) is 32.0 Å². The Morgan fingerprint density at radius 3 is 2.76 bits per heavy atom. The predicted octanol–water partition coefficient (Wildman–Crippen LogP) is 1.74. The third-order valence-electron chi connectivity index (χ3n) is 2.92. The summed E-state index contributed by atoms with van der Waals surface area (Å²) in [5, 5.41) is 15.8. The molecule has 0 aliphatic carbocycles. The zero-order chi connectivity index (χ0) is 14.9. The molecule has 0 fully saturated rings. The maximum Gasteiger partial charge on any atom is 0.204 e. The molecule has 1 aromatic carbocycles. The number of benzene rings is 1. The van der Waals surface area contributed by atoms with Crippen LogP contribution in [-0.4, -0.2) is 46.0 Å². The van der Waals surface area contributed by atoms with Crippen LogP contribution in [-0.2, 0) is 11.3 Å². The molecule has 21 heavy (non-hydrogen) atoms. The molecule has 0 bridgehead atoms. The SMILES string of the molecule is CC(C)OCCCNCCn1nnc(-c2ccccc2)n1. The molecule has 0 atom stereocenters. The molecule has 0 radical (unpaired) electrons. The number of nitrogens with zero attached hydrogens (tertiary/aromatic N) is 4. The first-order valence-corrected chi connectivity index (χ1v) is 7.41. The molecule has 114 valence electrons. The number of ether oxygens (including phenoxy) is 1. The largest absolute Gasteiger partial charge is 0.379 e. The van der Waals surface area contributed by atoms with E-state index in [1.807, 2.05) is 44.2 Å². The Balaban J connectivity index is 1.65. The first-order chi connectivity index (χ1) is 10.3. The van der Waals surface area contributed by atoms with Crippen molar-refractivity contribution in [3.8, 4) is 11.4 Å². The summed E-state index contributed by atoms with van der Waals surface area (Å²) in [4.78, 5) is 1.62. The highest BCUT2D eigenvalue weighted by Gasteiger charge is 2.04. The van der Waals surface area contributed by atoms with Crippen molar-refractivity contribution in [1.82, 2.24) is 25.5 Å². The summed E-state index contributed by atoms with van der Waals surface area (Å²) in [7, 11) is 0. The minimum Gasteiger partial charge on any atom is -0.379 e. The molecule has 0 saturated carbocycles. The van der Waals surface area contributed by atoms with E-state index < -0.39 is 0 Å². The van der Waals surface area contributed by atoms with Gasteiger partial charge in [0, 0.05) is 18.7 Å². The molecule has 6 heteroatoms. The zero-order valence-electron chi connectivity index (χ0n) is 12.7. The van der Waals surface area contributed by atoms with Gasteiger partial charge in [0.05, 0.1) is 12.6 Å². The smallest absolute Gasteiger partial charge is 0.204 e. The summed E-state index contributed by atoms with van der Waals surface area (Å²) >= 11 is 0. The van der Waals surface area contributed by atoms with E-state index in [1.54, 1.807) is 4.80 Å². The zero-order valence-corrected chi connectivity index (χ0v) is 12.7. The lowest BCUT2D eigenvalue weighted by Gasteiger charge is -2.07. The predicted molar refractivity (Wildman–Crippen MR) is 81.8 cm³/mol. The van der Waals surface area contributed by atoms with E-state index in [0.717, 1.165) is 31.7 Å². The van der Waals surface area contributed by atoms with Crippen LogP contribution >= 0.6 is 0 Å². The van der Waals surface area contributed by atoms with E-state index >= 15 is 0 Å². The fourth-order valence-electron chi connectivity index (χ4n) is 1.86. The van der Waals surface area contributed by atoms with Crippen molar-refractivity contribution in [1.29, 1.82) is 0 Å². The van der Waals surface area contributed by atoms with Gasteiger partial charge in [-0.2, -0.15) is 4.80 Å². The standard InChI is InChI=1S/C15H23N5O/c1-13(2)21-12-6-9-16-10-11-20-18-15(17-19-20)14-7-4-3-5-8-14/h3-5,7-8,13,16H,6,9-12H2,1-2H3. The maximum absolute atomic E-state index is 5.48. The highest BCUT2D eigenvalue weighted by atomic mass is 16.5. The molecule has 2 rings (SSSR count). The van der Waals surface area contributed by atoms with Crippen molar-refractivity contribution in [2.75, 3.05) is 19.7 Å². The van der Waals surface area contributed by atoms with E-state index in [0.29, 0.717) is 18.5 Å². The van der Waals surface area contributed by atoms with Crippen LogP contribution in [0, 0.1) is 0 Å². The second-order valence-electron chi connectivity index (χ2n) is 5.10. The Labute approximate surface area is 125 Å². The Bertz CT molecular complexity index is 512. The van der Waals surface area contributed by atoms with Crippen molar-refractivity contribution in [2.45, 2.75) is 32.9 Å². The fourth-order valence-corrected chi connectivity index (χ4v) is 1.86. The van der Waals surface area contributed by atoms with E-state index in [-0.39, 0.29) is 0 Å². The molecule has 1 N–H and O–H groups in total. The van der Waals surface area contributed by atoms with Crippen LogP contribution in [0.15, 0.2) is 30.3 Å². The summed E-state index contributed by atoms with van der Waals surface area (Å²) in [5.41, 5.74) is 0.988. The summed E-state index contributed by atoms with van der Waals surface area (Å²) < 4.78 is 5.48. The molecular formula is C15H23N5O. The van der Waals surface area contributed by atoms with Gasteiger partial charge in [0.25, 0.3) is 0 Å². The minimum atomic E-state index is 0.306. The minimum absolute atomic E-state index is 0.306. The second-order valence-corrected chi connectivity index (χ2v) is 5.10. The van der Waals surface area contributed by atoms with Gasteiger partial charge in [0.2, 0.25) is 5.82 Å². The van der Waals surface area contributed by atoms with Gasteiger partial charge in [-0.15, -0.1) is 10.2 Å². The Morgan fingerprint density at radius 1 is 1.19 bits per heavy atom. The summed E-state index contributed by atoms with van der Waals surface area (Å²) in [5.74, 6) is 0.668. The third-order valence-corrected chi connectivity index (χ3v) is 2.92. The van der Waals surface area contributed by atoms with Gasteiger partial charge >= 0.3 is 0 Å². The number of aromatic nitrogens is 4. The molecule has 0 amide bonds. The van der Waals surface area contributed by atoms with Crippen molar-refractivity contribution < 1.29 is 4.74 Å². The first kappa shape index (κ1) is 15.6. The van der Waals surface area contributed by atoms with E-state index in [4.69, 9.17) is 4.74 Å². The average molecular weight is 289 g/mol. The van der Waals surface area contributed by atoms with Crippen LogP contribution < -0.4 is 5.32 Å². The van der Waals surface area contributed by atoms with Crippen molar-refractivity contribution >= 4 is 0 Å². The van der Waals surface area contributed by atoms with Crippen LogP contribution in [0.3, 0.4) is 0 Å². The molecular weight excluding hydrogens is 266 g/mol. The Morgan fingerprint density at radius 2 is 2.00 bits per heavy atom. The number of rotatable bonds is 9. The maximum atomic E-state index is 5.48. The lowest BCUT2D eigenvalue weighted by atomic mass is 10.2. The van der Waals surface area contributed by atoms with Crippen LogP contribution in [0.1, 0.15) is 20.3 Å². The molecule has 0 unspecified atom stereocenters. The Hall–Kier alpha value is -1.79. The Kier molecular flexibility index (Phi) is 6.30. The van der Waals surface area contributed by atoms with Gasteiger partial charge in [0.15, 0.2) is 0 Å².